The third kappa shape index (κ3) is 4.12. The maximum atomic E-state index is 11.9. The van der Waals surface area contributed by atoms with Gasteiger partial charge in [-0.2, -0.15) is 0 Å². The van der Waals surface area contributed by atoms with Crippen LogP contribution in [0.5, 0.6) is 5.75 Å². The maximum Gasteiger partial charge on any atom is 0.134 e. The Balaban J connectivity index is 2.80. The Morgan fingerprint density at radius 3 is 2.94 bits per heavy atom. The molecule has 1 rings (SSSR count). The molecule has 16 heavy (non-hydrogen) atoms. The molecular weight excluding hydrogens is 227 g/mol. The average molecular weight is 241 g/mol. The van der Waals surface area contributed by atoms with Crippen molar-refractivity contribution in [2.75, 3.05) is 19.2 Å². The average Bonchev–Trinajstić information content (AvgIpc) is 2.29. The maximum absolute atomic E-state index is 11.9. The van der Waals surface area contributed by atoms with E-state index in [2.05, 4.69) is 11.8 Å². The number of hydrogen-bond donors (Lipinski definition) is 0. The molecule has 1 nitrogen and oxygen atoms in total. The molecule has 0 fully saturated rings. The Morgan fingerprint density at radius 1 is 1.44 bits per heavy atom. The molecule has 0 aromatic heterocycles. The van der Waals surface area contributed by atoms with Gasteiger partial charge in [0.15, 0.2) is 0 Å². The lowest BCUT2D eigenvalue weighted by atomic mass is 10.1. The zero-order valence-electron chi connectivity index (χ0n) is 9.22. The van der Waals surface area contributed by atoms with E-state index in [1.165, 1.54) is 0 Å². The highest BCUT2D eigenvalue weighted by Gasteiger charge is 2.01. The summed E-state index contributed by atoms with van der Waals surface area (Å²) in [4.78, 5) is 0. The predicted molar refractivity (Wildman–Crippen MR) is 64.9 cm³/mol. The molecule has 0 aliphatic heterocycles. The van der Waals surface area contributed by atoms with Gasteiger partial charge in [0.2, 0.25) is 0 Å². The first-order valence-corrected chi connectivity index (χ1v) is 5.65. The lowest BCUT2D eigenvalue weighted by Gasteiger charge is -2.07. The summed E-state index contributed by atoms with van der Waals surface area (Å²) in [6, 6.07) is 5.73. The van der Waals surface area contributed by atoms with Gasteiger partial charge in [-0.15, -0.1) is 11.6 Å². The summed E-state index contributed by atoms with van der Waals surface area (Å²) in [5, 5.41) is 0. The highest BCUT2D eigenvalue weighted by Crippen LogP contribution is 2.19. The Morgan fingerprint density at radius 2 is 2.25 bits per heavy atom. The minimum absolute atomic E-state index is 0.290. The minimum atomic E-state index is -0.367. The van der Waals surface area contributed by atoms with Crippen molar-refractivity contribution in [1.82, 2.24) is 0 Å². The third-order valence-electron chi connectivity index (χ3n) is 1.96. The molecule has 0 atom stereocenters. The fourth-order valence-electron chi connectivity index (χ4n) is 1.23. The largest absolute Gasteiger partial charge is 0.492 e. The van der Waals surface area contributed by atoms with E-state index < -0.39 is 0 Å². The normalized spacial score (nSPS) is 9.44. The van der Waals surface area contributed by atoms with E-state index in [1.54, 1.807) is 0 Å². The molecule has 86 valence electrons. The molecule has 1 aromatic rings. The van der Waals surface area contributed by atoms with Gasteiger partial charge in [0.05, 0.1) is 24.7 Å². The number of hydrogen-bond acceptors (Lipinski definition) is 1. The molecule has 0 aliphatic carbocycles. The summed E-state index contributed by atoms with van der Waals surface area (Å²) in [5.41, 5.74) is 1.91. The van der Waals surface area contributed by atoms with E-state index in [0.29, 0.717) is 18.8 Å². The van der Waals surface area contributed by atoms with Crippen LogP contribution in [0, 0.1) is 18.8 Å². The first-order valence-electron chi connectivity index (χ1n) is 5.12. The van der Waals surface area contributed by atoms with Crippen molar-refractivity contribution < 1.29 is 9.13 Å². The lowest BCUT2D eigenvalue weighted by Crippen LogP contribution is -2.00. The number of rotatable bonds is 4. The lowest BCUT2D eigenvalue weighted by molar-refractivity contribution is 0.289. The van der Waals surface area contributed by atoms with Crippen LogP contribution < -0.4 is 4.74 Å². The standard InChI is InChI=1S/C13H14ClFO/c1-11-5-6-13(16-9-3-8-15)12(10-11)4-2-7-14/h5-6,10H,3,7-9H2,1H3. The van der Waals surface area contributed by atoms with Crippen LogP contribution in [0.3, 0.4) is 0 Å². The predicted octanol–water partition coefficient (Wildman–Crippen LogP) is 3.32. The van der Waals surface area contributed by atoms with E-state index in [4.69, 9.17) is 16.3 Å². The quantitative estimate of drug-likeness (QED) is 0.446. The molecule has 0 aliphatic rings. The molecule has 0 N–H and O–H groups in total. The molecule has 3 heteroatoms. The number of ether oxygens (including phenoxy) is 1. The fourth-order valence-corrected chi connectivity index (χ4v) is 1.30. The van der Waals surface area contributed by atoms with E-state index >= 15 is 0 Å². The van der Waals surface area contributed by atoms with Crippen molar-refractivity contribution in [2.24, 2.45) is 0 Å². The second kappa shape index (κ2) is 7.14. The van der Waals surface area contributed by atoms with Gasteiger partial charge in [0, 0.05) is 6.42 Å². The van der Waals surface area contributed by atoms with Crippen LogP contribution in [0.15, 0.2) is 18.2 Å². The Kier molecular flexibility index (Phi) is 5.74. The molecule has 0 saturated heterocycles. The fraction of sp³-hybridized carbons (Fsp3) is 0.385. The number of alkyl halides is 2. The molecular formula is C13H14ClFO. The number of aryl methyl sites for hydroxylation is 1. The van der Waals surface area contributed by atoms with E-state index in [0.717, 1.165) is 11.1 Å². The Labute approximate surface area is 101 Å². The van der Waals surface area contributed by atoms with Crippen molar-refractivity contribution in [3.63, 3.8) is 0 Å². The van der Waals surface area contributed by atoms with Crippen molar-refractivity contribution in [3.8, 4) is 17.6 Å². The Bertz CT molecular complexity index is 393. The summed E-state index contributed by atoms with van der Waals surface area (Å²) in [5.74, 6) is 6.69. The summed E-state index contributed by atoms with van der Waals surface area (Å²) in [6.45, 7) is 1.99. The highest BCUT2D eigenvalue weighted by atomic mass is 35.5. The van der Waals surface area contributed by atoms with Crippen molar-refractivity contribution >= 4 is 11.6 Å². The molecule has 0 heterocycles. The van der Waals surface area contributed by atoms with Gasteiger partial charge in [0.1, 0.15) is 5.75 Å². The SMILES string of the molecule is Cc1ccc(OCCCF)c(C#CCCl)c1. The zero-order valence-corrected chi connectivity index (χ0v) is 9.98. The summed E-state index contributed by atoms with van der Waals surface area (Å²) in [6.07, 6.45) is 0.399. The Hall–Kier alpha value is -1.20. The van der Waals surface area contributed by atoms with Crippen LogP contribution in [0.4, 0.5) is 4.39 Å². The van der Waals surface area contributed by atoms with Gasteiger partial charge >= 0.3 is 0 Å². The van der Waals surface area contributed by atoms with Gasteiger partial charge in [-0.1, -0.05) is 17.9 Å². The first-order chi connectivity index (χ1) is 7.77. The van der Waals surface area contributed by atoms with E-state index in [9.17, 15) is 4.39 Å². The van der Waals surface area contributed by atoms with Gasteiger partial charge < -0.3 is 4.74 Å². The van der Waals surface area contributed by atoms with Gasteiger partial charge in [-0.3, -0.25) is 4.39 Å². The van der Waals surface area contributed by atoms with Crippen LogP contribution in [0.1, 0.15) is 17.5 Å². The molecule has 0 unspecified atom stereocenters. The second-order valence-corrected chi connectivity index (χ2v) is 3.59. The minimum Gasteiger partial charge on any atom is -0.492 e. The second-order valence-electron chi connectivity index (χ2n) is 3.33. The van der Waals surface area contributed by atoms with E-state index in [-0.39, 0.29) is 12.6 Å². The molecule has 0 saturated carbocycles. The summed E-state index contributed by atoms with van der Waals surface area (Å²) >= 11 is 5.51. The van der Waals surface area contributed by atoms with Gasteiger partial charge in [-0.05, 0) is 24.6 Å². The van der Waals surface area contributed by atoms with Gasteiger partial charge in [-0.25, -0.2) is 0 Å². The number of benzene rings is 1. The van der Waals surface area contributed by atoms with Crippen molar-refractivity contribution in [1.29, 1.82) is 0 Å². The smallest absolute Gasteiger partial charge is 0.134 e. The van der Waals surface area contributed by atoms with Crippen LogP contribution >= 0.6 is 11.6 Å². The molecule has 0 radical (unpaired) electrons. The highest BCUT2D eigenvalue weighted by molar-refractivity contribution is 6.19. The van der Waals surface area contributed by atoms with E-state index in [1.807, 2.05) is 25.1 Å². The van der Waals surface area contributed by atoms with Gasteiger partial charge in [0.25, 0.3) is 0 Å². The molecule has 0 amide bonds. The topological polar surface area (TPSA) is 9.23 Å². The molecule has 0 bridgehead atoms. The molecule has 1 aromatic carbocycles. The summed E-state index contributed by atoms with van der Waals surface area (Å²) in [7, 11) is 0. The number of halogens is 2. The van der Waals surface area contributed by atoms with Crippen LogP contribution in [0.2, 0.25) is 0 Å². The summed E-state index contributed by atoms with van der Waals surface area (Å²) < 4.78 is 17.4. The molecule has 0 spiro atoms. The van der Waals surface area contributed by atoms with Crippen molar-refractivity contribution in [2.45, 2.75) is 13.3 Å². The van der Waals surface area contributed by atoms with Crippen molar-refractivity contribution in [3.05, 3.63) is 29.3 Å². The monoisotopic (exact) mass is 240 g/mol. The third-order valence-corrected chi connectivity index (χ3v) is 2.09. The van der Waals surface area contributed by atoms with Crippen LogP contribution in [-0.4, -0.2) is 19.2 Å². The van der Waals surface area contributed by atoms with Crippen LogP contribution in [-0.2, 0) is 0 Å². The zero-order chi connectivity index (χ0) is 11.8. The first kappa shape index (κ1) is 12.9. The van der Waals surface area contributed by atoms with Crippen LogP contribution in [0.25, 0.3) is 0 Å².